The lowest BCUT2D eigenvalue weighted by Gasteiger charge is -2.56. The predicted octanol–water partition coefficient (Wildman–Crippen LogP) is 10.5. The van der Waals surface area contributed by atoms with Crippen LogP contribution in [0.2, 0.25) is 0 Å². The number of likely N-dealkylation sites (tertiary alicyclic amines) is 1. The molecule has 5 heterocycles. The van der Waals surface area contributed by atoms with E-state index in [1.807, 2.05) is 6.92 Å². The minimum Gasteiger partial charge on any atom is -0.489 e. The maximum absolute atomic E-state index is 14.9. The Morgan fingerprint density at radius 2 is 1.81 bits per heavy atom. The smallest absolute Gasteiger partial charge is 0.268 e. The molecular formula is C52H60FN7O7S. The van der Waals surface area contributed by atoms with Crippen molar-refractivity contribution in [3.8, 4) is 17.2 Å². The Morgan fingerprint density at radius 3 is 2.54 bits per heavy atom. The van der Waals surface area contributed by atoms with E-state index in [1.54, 1.807) is 12.1 Å². The van der Waals surface area contributed by atoms with Gasteiger partial charge in [-0.2, -0.15) is 0 Å². The van der Waals surface area contributed by atoms with Crippen LogP contribution in [0, 0.1) is 22.1 Å². The minimum atomic E-state index is -4.61. The molecule has 0 bridgehead atoms. The Hall–Kier alpha value is -5.84. The number of aromatic nitrogens is 2. The number of nitrogens with zero attached hydrogens (tertiary/aromatic N) is 4. The Kier molecular flexibility index (Phi) is 12.1. The van der Waals surface area contributed by atoms with Crippen LogP contribution in [0.5, 0.6) is 17.2 Å². The standard InChI is InChI=1S/C52H60FN7O7S/c1-5-41-46(26-39-40(53)29-54-49(39)56-41)67-45-23-33(59-21-18-52(19-22-59)27-34(28-52)60-20-8-11-44(60)37-10-7-6-9-36(37)31(2)3)12-13-38(45)50(61)58-68(64,65)35-24-42(57-63)48-47(25-35)66-30-43(55-48)32-14-16-51(4,62)17-15-32/h5-7,9-10,12-13,23-26,29,31-32,34,43-44,55,62H,1,8,11,14-22,27-28,30H2,2-4H3,(H,54,56)(H,58,61)/t32-,43-,44+,51-/m1/s1. The van der Waals surface area contributed by atoms with Crippen molar-refractivity contribution < 1.29 is 32.2 Å². The molecule has 4 fully saturated rings. The van der Waals surface area contributed by atoms with Gasteiger partial charge in [-0.3, -0.25) is 9.69 Å². The minimum absolute atomic E-state index is 0.0321. The van der Waals surface area contributed by atoms with Crippen molar-refractivity contribution in [3.05, 3.63) is 107 Å². The van der Waals surface area contributed by atoms with Gasteiger partial charge in [-0.05, 0) is 142 Å². The molecule has 2 atom stereocenters. The summed E-state index contributed by atoms with van der Waals surface area (Å²) < 4.78 is 57.5. The number of rotatable bonds is 12. The number of anilines is 2. The van der Waals surface area contributed by atoms with Crippen molar-refractivity contribution in [2.45, 2.75) is 120 Å². The highest BCUT2D eigenvalue weighted by Crippen LogP contribution is 2.54. The van der Waals surface area contributed by atoms with Gasteiger partial charge in [0.15, 0.2) is 5.75 Å². The maximum Gasteiger partial charge on any atom is 0.268 e. The topological polar surface area (TPSA) is 179 Å². The average molecular weight is 946 g/mol. The fourth-order valence-electron chi connectivity index (χ4n) is 11.7. The highest BCUT2D eigenvalue weighted by Gasteiger charge is 2.50. The molecule has 0 radical (unpaired) electrons. The van der Waals surface area contributed by atoms with Gasteiger partial charge in [-0.1, -0.05) is 44.7 Å². The first-order chi connectivity index (χ1) is 32.6. The van der Waals surface area contributed by atoms with Crippen LogP contribution in [0.25, 0.3) is 17.1 Å². The summed E-state index contributed by atoms with van der Waals surface area (Å²) in [6, 6.07) is 18.7. The number of H-pyrrole nitrogens is 1. The molecule has 358 valence electrons. The summed E-state index contributed by atoms with van der Waals surface area (Å²) in [5, 5.41) is 17.1. The normalized spacial score (nSPS) is 24.0. The van der Waals surface area contributed by atoms with Crippen molar-refractivity contribution in [2.75, 3.05) is 36.5 Å². The van der Waals surface area contributed by atoms with Gasteiger partial charge >= 0.3 is 0 Å². The molecule has 2 saturated carbocycles. The quantitative estimate of drug-likeness (QED) is 0.0875. The largest absolute Gasteiger partial charge is 0.489 e. The van der Waals surface area contributed by atoms with E-state index in [-0.39, 0.29) is 79.8 Å². The van der Waals surface area contributed by atoms with Crippen LogP contribution < -0.4 is 24.4 Å². The molecule has 4 N–H and O–H groups in total. The number of sulfonamides is 1. The fraction of sp³-hybridized carbons (Fsp3) is 0.462. The van der Waals surface area contributed by atoms with Crippen molar-refractivity contribution in [1.82, 2.24) is 19.6 Å². The van der Waals surface area contributed by atoms with E-state index in [0.29, 0.717) is 30.8 Å². The number of pyridine rings is 1. The number of carbonyl (C=O) groups excluding carboxylic acids is 1. The monoisotopic (exact) mass is 945 g/mol. The molecule has 16 heteroatoms. The summed E-state index contributed by atoms with van der Waals surface area (Å²) in [5.41, 5.74) is 3.82. The SMILES string of the molecule is C=Cc1nc2[nH]cc(F)c2cc1Oc1cc(N2CCC3(CC2)CC(N2CCC[C@H]2c2ccccc2C(C)C)C3)ccc1C(=O)NS(=O)(=O)c1cc(N=O)c2c(c1)OC[C@H]([C@H]1CC[C@](C)(O)CC1)N2. The number of amides is 1. The second kappa shape index (κ2) is 17.9. The van der Waals surface area contributed by atoms with E-state index in [4.69, 9.17) is 9.47 Å². The van der Waals surface area contributed by atoms with Crippen LogP contribution in [0.1, 0.15) is 124 Å². The van der Waals surface area contributed by atoms with Crippen molar-refractivity contribution in [3.63, 3.8) is 0 Å². The third kappa shape index (κ3) is 8.75. The Bertz CT molecular complexity index is 2880. The van der Waals surface area contributed by atoms with Gasteiger partial charge in [0.2, 0.25) is 0 Å². The molecule has 0 unspecified atom stereocenters. The summed E-state index contributed by atoms with van der Waals surface area (Å²) in [7, 11) is -4.61. The summed E-state index contributed by atoms with van der Waals surface area (Å²) in [4.78, 5) is 38.3. The molecular weight excluding hydrogens is 886 g/mol. The van der Waals surface area contributed by atoms with Crippen molar-refractivity contribution in [2.24, 2.45) is 16.5 Å². The first-order valence-corrected chi connectivity index (χ1v) is 25.5. The molecule has 2 saturated heterocycles. The number of hydrogen-bond acceptors (Lipinski definition) is 12. The third-order valence-electron chi connectivity index (χ3n) is 15.6. The number of carbonyl (C=O) groups is 1. The van der Waals surface area contributed by atoms with Crippen LogP contribution in [-0.4, -0.2) is 78.2 Å². The summed E-state index contributed by atoms with van der Waals surface area (Å²) in [6.07, 6.45) is 12.2. The van der Waals surface area contributed by atoms with Gasteiger partial charge in [-0.25, -0.2) is 22.5 Å². The van der Waals surface area contributed by atoms with E-state index in [0.717, 1.165) is 57.1 Å². The summed E-state index contributed by atoms with van der Waals surface area (Å²) >= 11 is 0. The van der Waals surface area contributed by atoms with Gasteiger partial charge in [0.25, 0.3) is 15.9 Å². The molecule has 10 rings (SSSR count). The zero-order chi connectivity index (χ0) is 47.5. The Labute approximate surface area is 396 Å². The number of aliphatic hydroxyl groups is 1. The zero-order valence-corrected chi connectivity index (χ0v) is 39.7. The molecule has 2 aliphatic carbocycles. The predicted molar refractivity (Wildman–Crippen MR) is 261 cm³/mol. The number of ether oxygens (including phenoxy) is 2. The van der Waals surface area contributed by atoms with E-state index >= 15 is 0 Å². The second-order valence-corrected chi connectivity index (χ2v) is 22.0. The number of halogens is 1. The van der Waals surface area contributed by atoms with Gasteiger partial charge in [0.05, 0.1) is 27.5 Å². The van der Waals surface area contributed by atoms with Gasteiger partial charge < -0.3 is 29.8 Å². The van der Waals surface area contributed by atoms with Crippen LogP contribution in [-0.2, 0) is 10.0 Å². The third-order valence-corrected chi connectivity index (χ3v) is 16.9. The summed E-state index contributed by atoms with van der Waals surface area (Å²) in [6.45, 7) is 13.2. The maximum atomic E-state index is 14.9. The van der Waals surface area contributed by atoms with Gasteiger partial charge in [0.1, 0.15) is 46.6 Å². The first-order valence-electron chi connectivity index (χ1n) is 24.0. The van der Waals surface area contributed by atoms with Crippen LogP contribution in [0.15, 0.2) is 83.5 Å². The number of fused-ring (bicyclic) bond motifs is 2. The lowest BCUT2D eigenvalue weighted by molar-refractivity contribution is -0.0227. The number of aromatic amines is 1. The second-order valence-electron chi connectivity index (χ2n) is 20.4. The number of nitroso groups, excluding NO2 is 1. The highest BCUT2D eigenvalue weighted by atomic mass is 32.2. The van der Waals surface area contributed by atoms with E-state index < -0.39 is 27.3 Å². The van der Waals surface area contributed by atoms with Crippen molar-refractivity contribution >= 4 is 50.1 Å². The molecule has 14 nitrogen and oxygen atoms in total. The summed E-state index contributed by atoms with van der Waals surface area (Å²) in [5.74, 6) is -0.618. The van der Waals surface area contributed by atoms with E-state index in [2.05, 4.69) is 79.7 Å². The highest BCUT2D eigenvalue weighted by molar-refractivity contribution is 7.90. The lowest BCUT2D eigenvalue weighted by atomic mass is 9.59. The average Bonchev–Trinajstić information content (AvgIpc) is 3.96. The Balaban J connectivity index is 0.876. The molecule has 3 aromatic carbocycles. The van der Waals surface area contributed by atoms with E-state index in [1.165, 1.54) is 67.3 Å². The molecule has 1 spiro atoms. The number of benzene rings is 3. The molecule has 5 aliphatic rings. The van der Waals surface area contributed by atoms with Gasteiger partial charge in [0, 0.05) is 49.2 Å². The van der Waals surface area contributed by atoms with E-state index in [9.17, 15) is 27.6 Å². The Morgan fingerprint density at radius 1 is 1.04 bits per heavy atom. The van der Waals surface area contributed by atoms with Crippen LogP contribution in [0.4, 0.5) is 21.5 Å². The molecule has 5 aromatic rings. The number of hydrogen-bond donors (Lipinski definition) is 4. The molecule has 2 aromatic heterocycles. The molecule has 1 amide bonds. The molecule has 68 heavy (non-hydrogen) atoms. The number of nitrogens with one attached hydrogen (secondary N) is 3. The zero-order valence-electron chi connectivity index (χ0n) is 38.9. The van der Waals surface area contributed by atoms with Crippen LogP contribution in [0.3, 0.4) is 0 Å². The fourth-order valence-corrected chi connectivity index (χ4v) is 12.7. The van der Waals surface area contributed by atoms with Crippen LogP contribution >= 0.6 is 0 Å². The van der Waals surface area contributed by atoms with Crippen molar-refractivity contribution in [1.29, 1.82) is 0 Å². The lowest BCUT2D eigenvalue weighted by Crippen LogP contribution is -2.54. The molecule has 3 aliphatic heterocycles. The van der Waals surface area contributed by atoms with Gasteiger partial charge in [-0.15, -0.1) is 4.91 Å². The first kappa shape index (κ1) is 45.9. The number of piperidine rings is 1.